The lowest BCUT2D eigenvalue weighted by atomic mass is 10.1. The summed E-state index contributed by atoms with van der Waals surface area (Å²) in [5.74, 6) is -1.60. The van der Waals surface area contributed by atoms with Crippen LogP contribution in [0, 0.1) is 5.92 Å². The zero-order valence-corrected chi connectivity index (χ0v) is 15.7. The molecular weight excluding hydrogens is 352 g/mol. The van der Waals surface area contributed by atoms with Crippen LogP contribution in [-0.4, -0.2) is 62.0 Å². The molecule has 8 heteroatoms. The van der Waals surface area contributed by atoms with Crippen molar-refractivity contribution in [2.75, 3.05) is 33.4 Å². The normalized spacial score (nSPS) is 13.1. The molecular formula is C19H24N2O6. The number of carbonyl (C=O) groups is 4. The second kappa shape index (κ2) is 9.27. The van der Waals surface area contributed by atoms with Crippen LogP contribution in [0.2, 0.25) is 0 Å². The largest absolute Gasteiger partial charge is 0.452 e. The molecule has 1 aliphatic rings. The minimum atomic E-state index is -0.736. The van der Waals surface area contributed by atoms with Crippen LogP contribution in [0.5, 0.6) is 0 Å². The van der Waals surface area contributed by atoms with Gasteiger partial charge in [-0.05, 0) is 30.5 Å². The number of imide groups is 1. The van der Waals surface area contributed by atoms with Gasteiger partial charge in [-0.2, -0.15) is 0 Å². The van der Waals surface area contributed by atoms with E-state index < -0.39 is 24.4 Å². The fourth-order valence-corrected chi connectivity index (χ4v) is 2.57. The lowest BCUT2D eigenvalue weighted by Crippen LogP contribution is -2.31. The van der Waals surface area contributed by atoms with Crippen molar-refractivity contribution < 1.29 is 28.7 Å². The number of methoxy groups -OCH3 is 1. The standard InChI is InChI=1S/C19H24N2O6/c1-12(2)6-8-21-17(23)14-5-4-13(10-15(14)18(21)24)19(25)27-11-16(22)20-7-9-26-3/h4-5,10,12H,6-9,11H2,1-3H3,(H,20,22). The van der Waals surface area contributed by atoms with Gasteiger partial charge in [-0.25, -0.2) is 4.79 Å². The predicted molar refractivity (Wildman–Crippen MR) is 96.4 cm³/mol. The van der Waals surface area contributed by atoms with Crippen molar-refractivity contribution in [2.45, 2.75) is 20.3 Å². The number of esters is 1. The Balaban J connectivity index is 2.00. The number of nitrogens with zero attached hydrogens (tertiary/aromatic N) is 1. The van der Waals surface area contributed by atoms with E-state index in [1.807, 2.05) is 13.8 Å². The summed E-state index contributed by atoms with van der Waals surface area (Å²) in [6.45, 7) is 4.59. The number of ether oxygens (including phenoxy) is 2. The Hall–Kier alpha value is -2.74. The van der Waals surface area contributed by atoms with Gasteiger partial charge in [0, 0.05) is 20.2 Å². The number of nitrogens with one attached hydrogen (secondary N) is 1. The average molecular weight is 376 g/mol. The van der Waals surface area contributed by atoms with Gasteiger partial charge < -0.3 is 14.8 Å². The first-order valence-electron chi connectivity index (χ1n) is 8.78. The molecule has 0 unspecified atom stereocenters. The monoisotopic (exact) mass is 376 g/mol. The number of rotatable bonds is 9. The van der Waals surface area contributed by atoms with E-state index in [4.69, 9.17) is 9.47 Å². The first-order valence-corrected chi connectivity index (χ1v) is 8.78. The third-order valence-electron chi connectivity index (χ3n) is 4.10. The Morgan fingerprint density at radius 3 is 2.52 bits per heavy atom. The molecule has 1 aromatic rings. The van der Waals surface area contributed by atoms with Crippen molar-refractivity contribution in [3.8, 4) is 0 Å². The number of hydrogen-bond acceptors (Lipinski definition) is 6. The summed E-state index contributed by atoms with van der Waals surface area (Å²) >= 11 is 0. The Bertz CT molecular complexity index is 744. The molecule has 146 valence electrons. The molecule has 1 heterocycles. The highest BCUT2D eigenvalue weighted by molar-refractivity contribution is 6.21. The highest BCUT2D eigenvalue weighted by Crippen LogP contribution is 2.25. The molecule has 0 fully saturated rings. The van der Waals surface area contributed by atoms with Crippen molar-refractivity contribution >= 4 is 23.7 Å². The Morgan fingerprint density at radius 1 is 1.15 bits per heavy atom. The molecule has 1 N–H and O–H groups in total. The van der Waals surface area contributed by atoms with Gasteiger partial charge in [0.15, 0.2) is 6.61 Å². The van der Waals surface area contributed by atoms with Crippen LogP contribution in [0.1, 0.15) is 51.3 Å². The molecule has 1 aliphatic heterocycles. The molecule has 0 bridgehead atoms. The van der Waals surface area contributed by atoms with Crippen LogP contribution in [-0.2, 0) is 14.3 Å². The van der Waals surface area contributed by atoms with E-state index in [0.29, 0.717) is 32.0 Å². The first kappa shape index (κ1) is 20.6. The first-order chi connectivity index (χ1) is 12.8. The van der Waals surface area contributed by atoms with E-state index in [0.717, 1.165) is 0 Å². The molecule has 0 saturated carbocycles. The van der Waals surface area contributed by atoms with Gasteiger partial charge in [0.05, 0.1) is 23.3 Å². The lowest BCUT2D eigenvalue weighted by molar-refractivity contribution is -0.124. The van der Waals surface area contributed by atoms with Crippen LogP contribution in [0.25, 0.3) is 0 Å². The molecule has 3 amide bonds. The van der Waals surface area contributed by atoms with Gasteiger partial charge in [-0.1, -0.05) is 13.8 Å². The highest BCUT2D eigenvalue weighted by Gasteiger charge is 2.35. The second-order valence-electron chi connectivity index (χ2n) is 6.62. The molecule has 0 aromatic heterocycles. The van der Waals surface area contributed by atoms with Crippen molar-refractivity contribution in [1.29, 1.82) is 0 Å². The van der Waals surface area contributed by atoms with Crippen LogP contribution in [0.15, 0.2) is 18.2 Å². The molecule has 0 atom stereocenters. The summed E-state index contributed by atoms with van der Waals surface area (Å²) < 4.78 is 9.75. The van der Waals surface area contributed by atoms with Gasteiger partial charge in [0.2, 0.25) is 0 Å². The van der Waals surface area contributed by atoms with Gasteiger partial charge in [0.25, 0.3) is 17.7 Å². The van der Waals surface area contributed by atoms with E-state index >= 15 is 0 Å². The maximum atomic E-state index is 12.5. The van der Waals surface area contributed by atoms with Crippen LogP contribution >= 0.6 is 0 Å². The van der Waals surface area contributed by atoms with E-state index in [9.17, 15) is 19.2 Å². The average Bonchev–Trinajstić information content (AvgIpc) is 2.88. The molecule has 27 heavy (non-hydrogen) atoms. The van der Waals surface area contributed by atoms with E-state index in [2.05, 4.69) is 5.32 Å². The maximum absolute atomic E-state index is 12.5. The molecule has 8 nitrogen and oxygen atoms in total. The maximum Gasteiger partial charge on any atom is 0.338 e. The second-order valence-corrected chi connectivity index (χ2v) is 6.62. The summed E-state index contributed by atoms with van der Waals surface area (Å²) in [7, 11) is 1.51. The Labute approximate surface area is 157 Å². The molecule has 2 rings (SSSR count). The zero-order chi connectivity index (χ0) is 20.0. The van der Waals surface area contributed by atoms with Crippen LogP contribution in [0.3, 0.4) is 0 Å². The number of amides is 3. The van der Waals surface area contributed by atoms with Crippen molar-refractivity contribution in [3.63, 3.8) is 0 Å². The number of hydrogen-bond donors (Lipinski definition) is 1. The number of benzene rings is 1. The predicted octanol–water partition coefficient (Wildman–Crippen LogP) is 1.25. The third kappa shape index (κ3) is 5.13. The summed E-state index contributed by atoms with van der Waals surface area (Å²) in [6.07, 6.45) is 0.707. The van der Waals surface area contributed by atoms with E-state index in [-0.39, 0.29) is 22.6 Å². The summed E-state index contributed by atoms with van der Waals surface area (Å²) in [4.78, 5) is 49.7. The SMILES string of the molecule is COCCNC(=O)COC(=O)c1ccc2c(c1)C(=O)N(CCC(C)C)C2=O. The van der Waals surface area contributed by atoms with Crippen LogP contribution < -0.4 is 5.32 Å². The highest BCUT2D eigenvalue weighted by atomic mass is 16.5. The zero-order valence-electron chi connectivity index (χ0n) is 15.7. The van der Waals surface area contributed by atoms with E-state index in [1.54, 1.807) is 0 Å². The number of carbonyl (C=O) groups excluding carboxylic acids is 4. The van der Waals surface area contributed by atoms with Gasteiger partial charge in [0.1, 0.15) is 0 Å². The van der Waals surface area contributed by atoms with Crippen molar-refractivity contribution in [1.82, 2.24) is 10.2 Å². The smallest absolute Gasteiger partial charge is 0.338 e. The van der Waals surface area contributed by atoms with Gasteiger partial charge >= 0.3 is 5.97 Å². The summed E-state index contributed by atoms with van der Waals surface area (Å²) in [6, 6.07) is 4.21. The van der Waals surface area contributed by atoms with Gasteiger partial charge in [-0.15, -0.1) is 0 Å². The Kier molecular flexibility index (Phi) is 7.06. The molecule has 0 saturated heterocycles. The molecule has 0 aliphatic carbocycles. The quantitative estimate of drug-likeness (QED) is 0.395. The van der Waals surface area contributed by atoms with Crippen molar-refractivity contribution in [3.05, 3.63) is 34.9 Å². The Morgan fingerprint density at radius 2 is 1.85 bits per heavy atom. The van der Waals surface area contributed by atoms with Crippen molar-refractivity contribution in [2.24, 2.45) is 5.92 Å². The summed E-state index contributed by atoms with van der Waals surface area (Å²) in [5.41, 5.74) is 0.575. The third-order valence-corrected chi connectivity index (χ3v) is 4.10. The van der Waals surface area contributed by atoms with E-state index in [1.165, 1.54) is 30.2 Å². The fraction of sp³-hybridized carbons (Fsp3) is 0.474. The van der Waals surface area contributed by atoms with Gasteiger partial charge in [-0.3, -0.25) is 19.3 Å². The minimum Gasteiger partial charge on any atom is -0.452 e. The summed E-state index contributed by atoms with van der Waals surface area (Å²) in [5, 5.41) is 2.53. The van der Waals surface area contributed by atoms with Crippen LogP contribution in [0.4, 0.5) is 0 Å². The molecule has 0 spiro atoms. The molecule has 0 radical (unpaired) electrons. The fourth-order valence-electron chi connectivity index (χ4n) is 2.57. The topological polar surface area (TPSA) is 102 Å². The molecule has 1 aromatic carbocycles. The minimum absolute atomic E-state index is 0.116. The lowest BCUT2D eigenvalue weighted by Gasteiger charge is -2.14. The number of fused-ring (bicyclic) bond motifs is 1.